The van der Waals surface area contributed by atoms with Crippen LogP contribution in [-0.4, -0.2) is 62.1 Å². The molecule has 0 aromatic heterocycles. The van der Waals surface area contributed by atoms with Crippen LogP contribution in [0.4, 0.5) is 30.2 Å². The Bertz CT molecular complexity index is 1400. The molecule has 38 heavy (non-hydrogen) atoms. The van der Waals surface area contributed by atoms with Gasteiger partial charge in [0.25, 0.3) is 5.91 Å². The highest BCUT2D eigenvalue weighted by molar-refractivity contribution is 7.88. The minimum atomic E-state index is -4.74. The van der Waals surface area contributed by atoms with Gasteiger partial charge < -0.3 is 9.80 Å². The third-order valence-corrected chi connectivity index (χ3v) is 9.39. The van der Waals surface area contributed by atoms with Crippen molar-refractivity contribution < 1.29 is 26.4 Å². The lowest BCUT2D eigenvalue weighted by Crippen LogP contribution is -2.55. The van der Waals surface area contributed by atoms with Gasteiger partial charge in [0.05, 0.1) is 23.5 Å². The third-order valence-electron chi connectivity index (χ3n) is 7.63. The Hall–Kier alpha value is -2.95. The Morgan fingerprint density at radius 1 is 1.00 bits per heavy atom. The molecule has 1 spiro atoms. The second-order valence-corrected chi connectivity index (χ2v) is 12.2. The van der Waals surface area contributed by atoms with E-state index in [0.717, 1.165) is 24.2 Å². The molecule has 2 saturated heterocycles. The lowest BCUT2D eigenvalue weighted by Gasteiger charge is -2.44. The Morgan fingerprint density at radius 3 is 2.08 bits per heavy atom. The highest BCUT2D eigenvalue weighted by Crippen LogP contribution is 2.50. The predicted molar refractivity (Wildman–Crippen MR) is 141 cm³/mol. The summed E-state index contributed by atoms with van der Waals surface area (Å²) in [7, 11) is -3.24. The van der Waals surface area contributed by atoms with Crippen LogP contribution in [0.15, 0.2) is 42.5 Å². The molecule has 0 N–H and O–H groups in total. The average molecular weight is 566 g/mol. The Labute approximate surface area is 224 Å². The van der Waals surface area contributed by atoms with Crippen LogP contribution in [0.2, 0.25) is 0 Å². The van der Waals surface area contributed by atoms with Crippen LogP contribution in [0.3, 0.4) is 0 Å². The number of carbonyl (C=O) groups is 1. The van der Waals surface area contributed by atoms with Crippen molar-refractivity contribution in [3.8, 4) is 6.07 Å². The van der Waals surface area contributed by atoms with E-state index in [1.165, 1.54) is 21.5 Å². The minimum Gasteiger partial charge on any atom is -0.369 e. The topological polar surface area (TPSA) is 88.0 Å². The number of nitrogens with zero attached hydrogens (tertiary/aromatic N) is 5. The fraction of sp³-hybridized carbons (Fsp3) is 0.440. The van der Waals surface area contributed by atoms with Crippen molar-refractivity contribution >= 4 is 45.6 Å². The van der Waals surface area contributed by atoms with E-state index in [2.05, 4.69) is 4.90 Å². The molecule has 0 radical (unpaired) electrons. The number of halogens is 3. The van der Waals surface area contributed by atoms with Gasteiger partial charge in [0, 0.05) is 43.2 Å². The number of piperazine rings is 1. The number of hydrogen-bond acceptors (Lipinski definition) is 7. The van der Waals surface area contributed by atoms with Gasteiger partial charge in [-0.15, -0.1) is 12.6 Å². The monoisotopic (exact) mass is 565 g/mol. The van der Waals surface area contributed by atoms with Gasteiger partial charge in [0.1, 0.15) is 5.54 Å². The molecule has 0 bridgehead atoms. The van der Waals surface area contributed by atoms with Crippen LogP contribution in [-0.2, 0) is 21.0 Å². The first kappa shape index (κ1) is 26.6. The molecule has 1 aliphatic carbocycles. The van der Waals surface area contributed by atoms with Crippen molar-refractivity contribution in [2.75, 3.05) is 47.1 Å². The standard InChI is InChI=1S/C25H26F3N5O3S2/c1-38(35,36)31-13-11-30(12-14-31)18-5-7-19(8-6-18)33-23(37)32(22(34)24(33)9-2-10-24)20-4-3-17(16-29)21(15-20)25(26,27)28/h3-8,15,23,37H,2,9-14H2,1H3. The Kier molecular flexibility index (Phi) is 6.56. The minimum absolute atomic E-state index is 0.0375. The van der Waals surface area contributed by atoms with Crippen molar-refractivity contribution in [1.82, 2.24) is 4.31 Å². The van der Waals surface area contributed by atoms with E-state index in [-0.39, 0.29) is 11.6 Å². The zero-order chi connectivity index (χ0) is 27.5. The van der Waals surface area contributed by atoms with Crippen molar-refractivity contribution in [1.29, 1.82) is 5.26 Å². The summed E-state index contributed by atoms with van der Waals surface area (Å²) < 4.78 is 65.9. The largest absolute Gasteiger partial charge is 0.417 e. The van der Waals surface area contributed by atoms with Gasteiger partial charge in [-0.2, -0.15) is 22.7 Å². The van der Waals surface area contributed by atoms with E-state index in [1.807, 2.05) is 29.2 Å². The summed E-state index contributed by atoms with van der Waals surface area (Å²) >= 11 is 4.70. The summed E-state index contributed by atoms with van der Waals surface area (Å²) in [6.07, 6.45) is -1.63. The molecule has 8 nitrogen and oxygen atoms in total. The summed E-state index contributed by atoms with van der Waals surface area (Å²) in [5.74, 6) is -0.317. The number of anilines is 3. The molecule has 1 saturated carbocycles. The summed E-state index contributed by atoms with van der Waals surface area (Å²) in [4.78, 5) is 18.9. The normalized spacial score (nSPS) is 22.1. The van der Waals surface area contributed by atoms with Crippen LogP contribution >= 0.6 is 12.6 Å². The lowest BCUT2D eigenvalue weighted by molar-refractivity contribution is -0.137. The van der Waals surface area contributed by atoms with Gasteiger partial charge in [0.2, 0.25) is 10.0 Å². The predicted octanol–water partition coefficient (Wildman–Crippen LogP) is 3.65. The number of alkyl halides is 3. The second kappa shape index (κ2) is 9.36. The number of hydrogen-bond donors (Lipinski definition) is 1. The number of benzene rings is 2. The fourth-order valence-electron chi connectivity index (χ4n) is 5.48. The van der Waals surface area contributed by atoms with E-state index in [0.29, 0.717) is 44.7 Å². The Balaban J connectivity index is 1.43. The molecule has 2 heterocycles. The van der Waals surface area contributed by atoms with Gasteiger partial charge in [-0.05, 0) is 61.7 Å². The molecular formula is C25H26F3N5O3S2. The number of rotatable bonds is 4. The molecule has 2 aromatic rings. The van der Waals surface area contributed by atoms with Gasteiger partial charge in [0.15, 0.2) is 5.50 Å². The lowest BCUT2D eigenvalue weighted by atomic mass is 9.75. The molecular weight excluding hydrogens is 539 g/mol. The van der Waals surface area contributed by atoms with Gasteiger partial charge in [-0.25, -0.2) is 8.42 Å². The molecule has 1 amide bonds. The van der Waals surface area contributed by atoms with E-state index >= 15 is 0 Å². The maximum atomic E-state index is 13.7. The van der Waals surface area contributed by atoms with Crippen molar-refractivity contribution in [3.05, 3.63) is 53.6 Å². The zero-order valence-corrected chi connectivity index (χ0v) is 22.2. The van der Waals surface area contributed by atoms with E-state index in [9.17, 15) is 26.4 Å². The molecule has 202 valence electrons. The van der Waals surface area contributed by atoms with Crippen LogP contribution in [0.5, 0.6) is 0 Å². The van der Waals surface area contributed by atoms with E-state index in [4.69, 9.17) is 17.9 Å². The van der Waals surface area contributed by atoms with Gasteiger partial charge in [-0.3, -0.25) is 9.69 Å². The highest BCUT2D eigenvalue weighted by atomic mass is 32.2. The second-order valence-electron chi connectivity index (χ2n) is 9.78. The summed E-state index contributed by atoms with van der Waals surface area (Å²) in [6.45, 7) is 1.87. The van der Waals surface area contributed by atoms with E-state index in [1.54, 1.807) is 6.07 Å². The number of sulfonamides is 1. The zero-order valence-electron chi connectivity index (χ0n) is 20.5. The third kappa shape index (κ3) is 4.38. The highest BCUT2D eigenvalue weighted by Gasteiger charge is 2.60. The van der Waals surface area contributed by atoms with Crippen molar-refractivity contribution in [2.24, 2.45) is 0 Å². The maximum absolute atomic E-state index is 13.7. The Morgan fingerprint density at radius 2 is 1.58 bits per heavy atom. The van der Waals surface area contributed by atoms with Gasteiger partial charge in [-0.1, -0.05) is 0 Å². The molecule has 1 unspecified atom stereocenters. The summed E-state index contributed by atoms with van der Waals surface area (Å²) in [5.41, 5.74) is -1.69. The fourth-order valence-corrected chi connectivity index (χ4v) is 6.90. The molecule has 3 fully saturated rings. The first-order chi connectivity index (χ1) is 17.9. The van der Waals surface area contributed by atoms with Crippen LogP contribution in [0.25, 0.3) is 0 Å². The van der Waals surface area contributed by atoms with Crippen LogP contribution in [0, 0.1) is 11.3 Å². The van der Waals surface area contributed by atoms with E-state index < -0.39 is 38.4 Å². The molecule has 3 aliphatic rings. The number of thiol groups is 1. The number of nitriles is 1. The summed E-state index contributed by atoms with van der Waals surface area (Å²) in [5, 5.41) is 9.14. The van der Waals surface area contributed by atoms with Crippen LogP contribution in [0.1, 0.15) is 30.4 Å². The van der Waals surface area contributed by atoms with Gasteiger partial charge >= 0.3 is 6.18 Å². The average Bonchev–Trinajstić information content (AvgIpc) is 3.09. The summed E-state index contributed by atoms with van der Waals surface area (Å²) in [6, 6.07) is 12.4. The molecule has 1 atom stereocenters. The first-order valence-corrected chi connectivity index (χ1v) is 14.5. The number of amides is 1. The quantitative estimate of drug-likeness (QED) is 0.570. The molecule has 2 aromatic carbocycles. The van der Waals surface area contributed by atoms with Crippen molar-refractivity contribution in [2.45, 2.75) is 36.5 Å². The molecule has 5 rings (SSSR count). The smallest absolute Gasteiger partial charge is 0.369 e. The van der Waals surface area contributed by atoms with Crippen molar-refractivity contribution in [3.63, 3.8) is 0 Å². The first-order valence-electron chi connectivity index (χ1n) is 12.1. The molecule has 13 heteroatoms. The maximum Gasteiger partial charge on any atom is 0.417 e. The SMILES string of the molecule is CS(=O)(=O)N1CCN(c2ccc(N3C(S)N(c4ccc(C#N)c(C(F)(F)F)c4)C(=O)C34CCC4)cc2)CC1. The number of carbonyl (C=O) groups excluding carboxylic acids is 1. The van der Waals surface area contributed by atoms with Crippen LogP contribution < -0.4 is 14.7 Å². The molecule has 2 aliphatic heterocycles.